The normalized spacial score (nSPS) is 10.6. The van der Waals surface area contributed by atoms with Crippen molar-refractivity contribution >= 4 is 11.6 Å². The molecular formula is C13H11ClN5+. The van der Waals surface area contributed by atoms with Gasteiger partial charge in [0.15, 0.2) is 11.4 Å². The Morgan fingerprint density at radius 2 is 1.89 bits per heavy atom. The third-order valence-corrected chi connectivity index (χ3v) is 2.86. The molecule has 19 heavy (non-hydrogen) atoms. The maximum Gasteiger partial charge on any atom is 0.321 e. The van der Waals surface area contributed by atoms with E-state index in [0.29, 0.717) is 16.7 Å². The highest BCUT2D eigenvalue weighted by Crippen LogP contribution is 2.13. The van der Waals surface area contributed by atoms with Crippen LogP contribution in [-0.2, 0) is 0 Å². The molecule has 0 bridgehead atoms. The molecule has 0 spiro atoms. The zero-order chi connectivity index (χ0) is 13.2. The summed E-state index contributed by atoms with van der Waals surface area (Å²) >= 11 is 5.84. The van der Waals surface area contributed by atoms with Crippen LogP contribution in [0.3, 0.4) is 0 Å². The Kier molecular flexibility index (Phi) is 2.97. The standard InChI is InChI=1S/C13H10ClN5/c1-9-16-13(11-7-15-8-12(14)17-11)18-19(9)10-5-3-2-4-6-10/h2-8H,1H3/p+1. The second-order valence-corrected chi connectivity index (χ2v) is 4.40. The first-order chi connectivity index (χ1) is 9.24. The van der Waals surface area contributed by atoms with E-state index in [0.717, 1.165) is 11.5 Å². The van der Waals surface area contributed by atoms with E-state index in [1.807, 2.05) is 41.9 Å². The van der Waals surface area contributed by atoms with Gasteiger partial charge in [0.25, 0.3) is 0 Å². The van der Waals surface area contributed by atoms with Crippen molar-refractivity contribution in [1.82, 2.24) is 20.1 Å². The van der Waals surface area contributed by atoms with Crippen LogP contribution in [0.1, 0.15) is 5.82 Å². The Morgan fingerprint density at radius 1 is 1.11 bits per heavy atom. The fourth-order valence-electron chi connectivity index (χ4n) is 1.82. The van der Waals surface area contributed by atoms with Crippen LogP contribution in [-0.4, -0.2) is 20.1 Å². The molecule has 5 nitrogen and oxygen atoms in total. The number of halogens is 1. The number of aryl methyl sites for hydroxylation is 1. The van der Waals surface area contributed by atoms with Crippen molar-refractivity contribution in [3.05, 3.63) is 53.7 Å². The van der Waals surface area contributed by atoms with Crippen molar-refractivity contribution in [2.45, 2.75) is 6.92 Å². The molecule has 6 heteroatoms. The van der Waals surface area contributed by atoms with Gasteiger partial charge in [0.2, 0.25) is 0 Å². The zero-order valence-corrected chi connectivity index (χ0v) is 11.0. The van der Waals surface area contributed by atoms with E-state index < -0.39 is 0 Å². The Bertz CT molecular complexity index is 708. The summed E-state index contributed by atoms with van der Waals surface area (Å²) in [7, 11) is 0. The van der Waals surface area contributed by atoms with Gasteiger partial charge in [-0.15, -0.1) is 4.68 Å². The Hall–Kier alpha value is -2.27. The minimum Gasteiger partial charge on any atom is -0.259 e. The Labute approximate surface area is 114 Å². The van der Waals surface area contributed by atoms with E-state index in [1.165, 1.54) is 6.20 Å². The van der Waals surface area contributed by atoms with Crippen molar-refractivity contribution in [3.63, 3.8) is 0 Å². The number of para-hydroxylation sites is 1. The number of nitrogens with one attached hydrogen (secondary N) is 1. The van der Waals surface area contributed by atoms with Crippen LogP contribution in [0, 0.1) is 6.92 Å². The molecule has 0 aliphatic heterocycles. The lowest BCUT2D eigenvalue weighted by molar-refractivity contribution is -0.662. The van der Waals surface area contributed by atoms with Crippen LogP contribution in [0.5, 0.6) is 0 Å². The summed E-state index contributed by atoms with van der Waals surface area (Å²) in [6, 6.07) is 9.92. The van der Waals surface area contributed by atoms with Gasteiger partial charge in [0, 0.05) is 6.92 Å². The number of aromatic nitrogens is 5. The smallest absolute Gasteiger partial charge is 0.259 e. The summed E-state index contributed by atoms with van der Waals surface area (Å²) in [5.41, 5.74) is 1.62. The summed E-state index contributed by atoms with van der Waals surface area (Å²) in [5, 5.41) is 3.53. The summed E-state index contributed by atoms with van der Waals surface area (Å²) in [4.78, 5) is 12.6. The fourth-order valence-corrected chi connectivity index (χ4v) is 1.97. The molecular weight excluding hydrogens is 262 g/mol. The molecule has 2 aromatic heterocycles. The SMILES string of the molecule is Cc1nc(-c2cncc(Cl)n2)[nH][n+]1-c1ccccc1. The van der Waals surface area contributed by atoms with Gasteiger partial charge in [-0.25, -0.2) is 4.98 Å². The molecule has 0 atom stereocenters. The molecule has 0 unspecified atom stereocenters. The second kappa shape index (κ2) is 4.78. The minimum atomic E-state index is 0.345. The van der Waals surface area contributed by atoms with Gasteiger partial charge in [-0.2, -0.15) is 5.10 Å². The second-order valence-electron chi connectivity index (χ2n) is 4.02. The number of H-pyrrole nitrogens is 1. The number of nitrogens with zero attached hydrogens (tertiary/aromatic N) is 4. The maximum absolute atomic E-state index is 5.84. The Morgan fingerprint density at radius 3 is 2.63 bits per heavy atom. The molecule has 2 heterocycles. The highest BCUT2D eigenvalue weighted by molar-refractivity contribution is 6.29. The zero-order valence-electron chi connectivity index (χ0n) is 10.2. The quantitative estimate of drug-likeness (QED) is 0.727. The Balaban J connectivity index is 2.07. The predicted octanol–water partition coefficient (Wildman–Crippen LogP) is 2.11. The van der Waals surface area contributed by atoms with Crippen molar-refractivity contribution in [2.75, 3.05) is 0 Å². The third-order valence-electron chi connectivity index (χ3n) is 2.68. The number of hydrogen-bond acceptors (Lipinski definition) is 3. The van der Waals surface area contributed by atoms with E-state index in [-0.39, 0.29) is 0 Å². The van der Waals surface area contributed by atoms with E-state index in [1.54, 1.807) is 6.20 Å². The lowest BCUT2D eigenvalue weighted by atomic mass is 10.3. The van der Waals surface area contributed by atoms with Crippen molar-refractivity contribution < 1.29 is 4.68 Å². The molecule has 0 amide bonds. The molecule has 3 aromatic rings. The van der Waals surface area contributed by atoms with Crippen molar-refractivity contribution in [3.8, 4) is 17.2 Å². The predicted molar refractivity (Wildman–Crippen MR) is 70.9 cm³/mol. The summed E-state index contributed by atoms with van der Waals surface area (Å²) in [6.45, 7) is 1.92. The monoisotopic (exact) mass is 272 g/mol. The van der Waals surface area contributed by atoms with E-state index in [9.17, 15) is 0 Å². The maximum atomic E-state index is 5.84. The number of aromatic amines is 1. The summed E-state index contributed by atoms with van der Waals surface area (Å²) in [6.07, 6.45) is 3.12. The molecule has 0 fully saturated rings. The molecule has 1 aromatic carbocycles. The van der Waals surface area contributed by atoms with Crippen molar-refractivity contribution in [1.29, 1.82) is 0 Å². The number of hydrogen-bond donors (Lipinski definition) is 1. The van der Waals surface area contributed by atoms with Gasteiger partial charge in [-0.1, -0.05) is 29.8 Å². The van der Waals surface area contributed by atoms with Crippen LogP contribution in [0.25, 0.3) is 17.2 Å². The molecule has 3 rings (SSSR count). The van der Waals surface area contributed by atoms with Crippen LogP contribution in [0.2, 0.25) is 5.15 Å². The van der Waals surface area contributed by atoms with Crippen LogP contribution in [0.15, 0.2) is 42.7 Å². The van der Waals surface area contributed by atoms with Gasteiger partial charge in [0.05, 0.1) is 12.4 Å². The molecule has 0 radical (unpaired) electrons. The van der Waals surface area contributed by atoms with Crippen LogP contribution in [0.4, 0.5) is 0 Å². The first-order valence-electron chi connectivity index (χ1n) is 5.76. The highest BCUT2D eigenvalue weighted by Gasteiger charge is 2.19. The van der Waals surface area contributed by atoms with E-state index in [4.69, 9.17) is 11.6 Å². The fraction of sp³-hybridized carbons (Fsp3) is 0.0769. The summed E-state index contributed by atoms with van der Waals surface area (Å²) < 4.78 is 1.89. The molecule has 0 aliphatic rings. The highest BCUT2D eigenvalue weighted by atomic mass is 35.5. The van der Waals surface area contributed by atoms with Gasteiger partial charge < -0.3 is 0 Å². The molecule has 0 saturated heterocycles. The van der Waals surface area contributed by atoms with Gasteiger partial charge in [-0.05, 0) is 17.1 Å². The van der Waals surface area contributed by atoms with Crippen LogP contribution >= 0.6 is 11.6 Å². The molecule has 0 saturated carbocycles. The number of benzene rings is 1. The lowest BCUT2D eigenvalue weighted by Gasteiger charge is -1.94. The average molecular weight is 273 g/mol. The summed E-state index contributed by atoms with van der Waals surface area (Å²) in [5.74, 6) is 1.47. The molecule has 1 N–H and O–H groups in total. The van der Waals surface area contributed by atoms with E-state index in [2.05, 4.69) is 20.1 Å². The first kappa shape index (κ1) is 11.8. The lowest BCUT2D eigenvalue weighted by Crippen LogP contribution is -2.35. The number of rotatable bonds is 2. The van der Waals surface area contributed by atoms with Gasteiger partial charge >= 0.3 is 11.6 Å². The minimum absolute atomic E-state index is 0.345. The van der Waals surface area contributed by atoms with Crippen LogP contribution < -0.4 is 4.68 Å². The molecule has 94 valence electrons. The topological polar surface area (TPSA) is 58.3 Å². The van der Waals surface area contributed by atoms with E-state index >= 15 is 0 Å². The average Bonchev–Trinajstić information content (AvgIpc) is 2.82. The van der Waals surface area contributed by atoms with Gasteiger partial charge in [0.1, 0.15) is 5.15 Å². The third kappa shape index (κ3) is 2.32. The first-order valence-corrected chi connectivity index (χ1v) is 6.14. The van der Waals surface area contributed by atoms with Gasteiger partial charge in [-0.3, -0.25) is 4.98 Å². The molecule has 0 aliphatic carbocycles. The largest absolute Gasteiger partial charge is 0.321 e. The van der Waals surface area contributed by atoms with Crippen molar-refractivity contribution in [2.24, 2.45) is 0 Å².